The molecule has 4 nitrogen and oxygen atoms in total. The lowest BCUT2D eigenvalue weighted by atomic mass is 9.98. The third-order valence-electron chi connectivity index (χ3n) is 3.73. The molecule has 0 aliphatic rings. The second kappa shape index (κ2) is 6.08. The number of benzene rings is 2. The van der Waals surface area contributed by atoms with Crippen LogP contribution < -0.4 is 5.32 Å². The zero-order valence-corrected chi connectivity index (χ0v) is 13.1. The highest BCUT2D eigenvalue weighted by Gasteiger charge is 2.14. The van der Waals surface area contributed by atoms with Crippen molar-refractivity contribution < 1.29 is 14.0 Å². The number of rotatable bonds is 4. The first-order valence-corrected chi connectivity index (χ1v) is 7.40. The van der Waals surface area contributed by atoms with Crippen LogP contribution in [0.1, 0.15) is 34.0 Å². The van der Waals surface area contributed by atoms with Crippen LogP contribution in [0.25, 0.3) is 11.0 Å². The van der Waals surface area contributed by atoms with E-state index in [1.165, 1.54) is 6.92 Å². The summed E-state index contributed by atoms with van der Waals surface area (Å²) in [7, 11) is 0. The van der Waals surface area contributed by atoms with Crippen LogP contribution in [0.4, 0.5) is 0 Å². The van der Waals surface area contributed by atoms with Crippen LogP contribution in [0.15, 0.2) is 53.1 Å². The normalized spacial score (nSPS) is 10.7. The van der Waals surface area contributed by atoms with Crippen molar-refractivity contribution in [1.82, 2.24) is 5.32 Å². The zero-order valence-electron chi connectivity index (χ0n) is 13.1. The van der Waals surface area contributed by atoms with Gasteiger partial charge in [-0.15, -0.1) is 0 Å². The Kier molecular flexibility index (Phi) is 3.98. The van der Waals surface area contributed by atoms with Gasteiger partial charge in [0.15, 0.2) is 5.78 Å². The molecule has 0 unspecified atom stereocenters. The lowest BCUT2D eigenvalue weighted by molar-refractivity contribution is -0.119. The number of carbonyl (C=O) groups excluding carboxylic acids is 2. The van der Waals surface area contributed by atoms with Crippen molar-refractivity contribution in [2.24, 2.45) is 0 Å². The van der Waals surface area contributed by atoms with Gasteiger partial charge in [-0.05, 0) is 25.1 Å². The number of hydrogen-bond donors (Lipinski definition) is 1. The fourth-order valence-corrected chi connectivity index (χ4v) is 2.51. The quantitative estimate of drug-likeness (QED) is 0.749. The first-order chi connectivity index (χ1) is 11.0. The van der Waals surface area contributed by atoms with E-state index in [-0.39, 0.29) is 11.7 Å². The van der Waals surface area contributed by atoms with Gasteiger partial charge in [-0.3, -0.25) is 9.59 Å². The molecule has 0 spiro atoms. The molecule has 0 radical (unpaired) electrons. The van der Waals surface area contributed by atoms with Gasteiger partial charge in [0, 0.05) is 35.5 Å². The van der Waals surface area contributed by atoms with Crippen molar-refractivity contribution in [3.63, 3.8) is 0 Å². The Morgan fingerprint density at radius 2 is 1.78 bits per heavy atom. The van der Waals surface area contributed by atoms with Crippen LogP contribution in [0.5, 0.6) is 0 Å². The maximum absolute atomic E-state index is 12.7. The van der Waals surface area contributed by atoms with Gasteiger partial charge in [-0.2, -0.15) is 0 Å². The van der Waals surface area contributed by atoms with Crippen LogP contribution in [0.3, 0.4) is 0 Å². The van der Waals surface area contributed by atoms with E-state index in [0.29, 0.717) is 23.3 Å². The number of hydrogen-bond acceptors (Lipinski definition) is 3. The summed E-state index contributed by atoms with van der Waals surface area (Å²) < 4.78 is 5.47. The second-order valence-electron chi connectivity index (χ2n) is 5.58. The summed E-state index contributed by atoms with van der Waals surface area (Å²) in [5.74, 6) is -0.169. The van der Waals surface area contributed by atoms with Crippen LogP contribution in [0.2, 0.25) is 0 Å². The topological polar surface area (TPSA) is 59.3 Å². The molecule has 1 heterocycles. The van der Waals surface area contributed by atoms with E-state index in [1.807, 2.05) is 43.3 Å². The predicted octanol–water partition coefficient (Wildman–Crippen LogP) is 3.61. The van der Waals surface area contributed by atoms with Crippen LogP contribution in [0, 0.1) is 6.92 Å². The fraction of sp³-hybridized carbons (Fsp3) is 0.158. The minimum Gasteiger partial charge on any atom is -0.464 e. The zero-order chi connectivity index (χ0) is 16.4. The smallest absolute Gasteiger partial charge is 0.217 e. The van der Waals surface area contributed by atoms with Crippen molar-refractivity contribution in [3.8, 4) is 0 Å². The maximum Gasteiger partial charge on any atom is 0.217 e. The van der Waals surface area contributed by atoms with Gasteiger partial charge in [-0.1, -0.05) is 29.8 Å². The molecule has 0 fully saturated rings. The molecule has 116 valence electrons. The van der Waals surface area contributed by atoms with Crippen molar-refractivity contribution in [1.29, 1.82) is 0 Å². The average molecular weight is 307 g/mol. The predicted molar refractivity (Wildman–Crippen MR) is 88.3 cm³/mol. The number of furan rings is 1. The minimum absolute atomic E-state index is 0.0443. The third kappa shape index (κ3) is 3.16. The molecule has 4 heteroatoms. The standard InChI is InChI=1S/C19H17NO3/c1-12-3-5-14(6-4-12)18(22)16-9-15-7-8-23-19(15)17(10-16)11-20-13(2)21/h3-10H,11H2,1-2H3,(H,20,21). The lowest BCUT2D eigenvalue weighted by Crippen LogP contribution is -2.19. The Morgan fingerprint density at radius 1 is 1.04 bits per heavy atom. The van der Waals surface area contributed by atoms with E-state index in [2.05, 4.69) is 5.32 Å². The van der Waals surface area contributed by atoms with Crippen molar-refractivity contribution in [2.45, 2.75) is 20.4 Å². The molecule has 0 saturated carbocycles. The monoisotopic (exact) mass is 307 g/mol. The SMILES string of the molecule is CC(=O)NCc1cc(C(=O)c2ccc(C)cc2)cc2ccoc12. The Hall–Kier alpha value is -2.88. The van der Waals surface area contributed by atoms with Gasteiger partial charge in [0.2, 0.25) is 5.91 Å². The molecule has 1 N–H and O–H groups in total. The van der Waals surface area contributed by atoms with E-state index in [4.69, 9.17) is 4.42 Å². The number of ketones is 1. The van der Waals surface area contributed by atoms with Gasteiger partial charge < -0.3 is 9.73 Å². The van der Waals surface area contributed by atoms with E-state index in [0.717, 1.165) is 16.5 Å². The highest BCUT2D eigenvalue weighted by molar-refractivity contribution is 6.10. The molecular weight excluding hydrogens is 290 g/mol. The molecule has 0 aliphatic carbocycles. The first-order valence-electron chi connectivity index (χ1n) is 7.40. The van der Waals surface area contributed by atoms with Crippen molar-refractivity contribution in [3.05, 3.63) is 71.0 Å². The molecule has 0 atom stereocenters. The molecule has 0 saturated heterocycles. The summed E-state index contributed by atoms with van der Waals surface area (Å²) in [5, 5.41) is 3.60. The molecule has 0 bridgehead atoms. The largest absolute Gasteiger partial charge is 0.464 e. The minimum atomic E-state index is -0.125. The van der Waals surface area contributed by atoms with Crippen LogP contribution in [-0.2, 0) is 11.3 Å². The Balaban J connectivity index is 2.01. The van der Waals surface area contributed by atoms with Crippen LogP contribution in [-0.4, -0.2) is 11.7 Å². The lowest BCUT2D eigenvalue weighted by Gasteiger charge is -2.07. The van der Waals surface area contributed by atoms with E-state index in [1.54, 1.807) is 12.3 Å². The Labute approximate surface area is 134 Å². The van der Waals surface area contributed by atoms with E-state index < -0.39 is 0 Å². The van der Waals surface area contributed by atoms with E-state index >= 15 is 0 Å². The van der Waals surface area contributed by atoms with E-state index in [9.17, 15) is 9.59 Å². The fourth-order valence-electron chi connectivity index (χ4n) is 2.51. The number of carbonyl (C=O) groups is 2. The molecule has 23 heavy (non-hydrogen) atoms. The Morgan fingerprint density at radius 3 is 2.48 bits per heavy atom. The summed E-state index contributed by atoms with van der Waals surface area (Å²) >= 11 is 0. The highest BCUT2D eigenvalue weighted by Crippen LogP contribution is 2.24. The van der Waals surface area contributed by atoms with Crippen LogP contribution >= 0.6 is 0 Å². The number of aryl methyl sites for hydroxylation is 1. The first kappa shape index (κ1) is 15.0. The number of fused-ring (bicyclic) bond motifs is 1. The highest BCUT2D eigenvalue weighted by atomic mass is 16.3. The number of nitrogens with one attached hydrogen (secondary N) is 1. The number of amides is 1. The molecule has 1 aromatic heterocycles. The third-order valence-corrected chi connectivity index (χ3v) is 3.73. The second-order valence-corrected chi connectivity index (χ2v) is 5.58. The van der Waals surface area contributed by atoms with Gasteiger partial charge >= 0.3 is 0 Å². The van der Waals surface area contributed by atoms with Gasteiger partial charge in [0.1, 0.15) is 5.58 Å². The average Bonchev–Trinajstić information content (AvgIpc) is 3.01. The molecule has 3 aromatic rings. The van der Waals surface area contributed by atoms with Gasteiger partial charge in [0.05, 0.1) is 6.26 Å². The van der Waals surface area contributed by atoms with Gasteiger partial charge in [-0.25, -0.2) is 0 Å². The summed E-state index contributed by atoms with van der Waals surface area (Å²) in [5.41, 5.74) is 3.82. The Bertz CT molecular complexity index is 875. The summed E-state index contributed by atoms with van der Waals surface area (Å²) in [6.07, 6.45) is 1.59. The molecular formula is C19H17NO3. The molecule has 2 aromatic carbocycles. The van der Waals surface area contributed by atoms with Crippen molar-refractivity contribution >= 4 is 22.7 Å². The molecule has 0 aliphatic heterocycles. The molecule has 1 amide bonds. The maximum atomic E-state index is 12.7. The summed E-state index contributed by atoms with van der Waals surface area (Å²) in [6.45, 7) is 3.77. The summed E-state index contributed by atoms with van der Waals surface area (Å²) in [6, 6.07) is 12.9. The van der Waals surface area contributed by atoms with Crippen molar-refractivity contribution in [2.75, 3.05) is 0 Å². The summed E-state index contributed by atoms with van der Waals surface area (Å²) in [4.78, 5) is 23.9. The van der Waals surface area contributed by atoms with Gasteiger partial charge in [0.25, 0.3) is 0 Å². The molecule has 3 rings (SSSR count).